The van der Waals surface area contributed by atoms with Crippen molar-refractivity contribution in [3.63, 3.8) is 0 Å². The molecule has 1 atom stereocenters. The average molecular weight is 219 g/mol. The predicted octanol–water partition coefficient (Wildman–Crippen LogP) is 4.85. The number of rotatable bonds is 7. The molecule has 0 radical (unpaired) electrons. The van der Waals surface area contributed by atoms with Crippen LogP contribution in [0.25, 0.3) is 0 Å². The third-order valence-electron chi connectivity index (χ3n) is 3.39. The molecule has 1 aromatic heterocycles. The lowest BCUT2D eigenvalue weighted by Gasteiger charge is -2.16. The fraction of sp³-hybridized carbons (Fsp3) is 0.667. The Morgan fingerprint density at radius 1 is 1.19 bits per heavy atom. The summed E-state index contributed by atoms with van der Waals surface area (Å²) in [6, 6.07) is 4.31. The standard InChI is InChI=1S/C15H25N/c1-4-6-7-8-10-14(5-2)15-11-9-12-16-13(15)3/h9,11-12,14H,4-8,10H2,1-3H3. The van der Waals surface area contributed by atoms with Crippen molar-refractivity contribution in [3.8, 4) is 0 Å². The maximum absolute atomic E-state index is 4.39. The minimum Gasteiger partial charge on any atom is -0.261 e. The highest BCUT2D eigenvalue weighted by molar-refractivity contribution is 5.22. The van der Waals surface area contributed by atoms with E-state index in [2.05, 4.69) is 37.9 Å². The summed E-state index contributed by atoms with van der Waals surface area (Å²) in [5.74, 6) is 0.713. The van der Waals surface area contributed by atoms with Crippen molar-refractivity contribution in [2.75, 3.05) is 0 Å². The summed E-state index contributed by atoms with van der Waals surface area (Å²) in [5.41, 5.74) is 2.67. The molecule has 1 nitrogen and oxygen atoms in total. The molecule has 0 saturated carbocycles. The monoisotopic (exact) mass is 219 g/mol. The van der Waals surface area contributed by atoms with Crippen LogP contribution in [0.3, 0.4) is 0 Å². The number of unbranched alkanes of at least 4 members (excludes halogenated alkanes) is 3. The van der Waals surface area contributed by atoms with Crippen molar-refractivity contribution in [1.82, 2.24) is 4.98 Å². The highest BCUT2D eigenvalue weighted by Gasteiger charge is 2.11. The molecule has 1 aromatic rings. The van der Waals surface area contributed by atoms with Gasteiger partial charge >= 0.3 is 0 Å². The van der Waals surface area contributed by atoms with Gasteiger partial charge in [-0.05, 0) is 37.3 Å². The maximum Gasteiger partial charge on any atom is 0.0407 e. The summed E-state index contributed by atoms with van der Waals surface area (Å²) in [4.78, 5) is 4.39. The Morgan fingerprint density at radius 2 is 2.00 bits per heavy atom. The largest absolute Gasteiger partial charge is 0.261 e. The van der Waals surface area contributed by atoms with Gasteiger partial charge < -0.3 is 0 Å². The van der Waals surface area contributed by atoms with E-state index < -0.39 is 0 Å². The zero-order chi connectivity index (χ0) is 11.8. The van der Waals surface area contributed by atoms with Crippen LogP contribution in [0.5, 0.6) is 0 Å². The molecule has 0 aliphatic carbocycles. The molecule has 0 amide bonds. The first-order chi connectivity index (χ1) is 7.79. The van der Waals surface area contributed by atoms with E-state index in [1.807, 2.05) is 6.20 Å². The first kappa shape index (κ1) is 13.2. The van der Waals surface area contributed by atoms with Gasteiger partial charge in [0.1, 0.15) is 0 Å². The minimum atomic E-state index is 0.713. The zero-order valence-corrected chi connectivity index (χ0v) is 11.0. The minimum absolute atomic E-state index is 0.713. The Morgan fingerprint density at radius 3 is 2.62 bits per heavy atom. The number of nitrogens with zero attached hydrogens (tertiary/aromatic N) is 1. The van der Waals surface area contributed by atoms with E-state index in [1.165, 1.54) is 49.8 Å². The van der Waals surface area contributed by atoms with Crippen LogP contribution in [-0.2, 0) is 0 Å². The van der Waals surface area contributed by atoms with Gasteiger partial charge in [0.2, 0.25) is 0 Å². The summed E-state index contributed by atoms with van der Waals surface area (Å²) in [6.45, 7) is 6.68. The van der Waals surface area contributed by atoms with Crippen LogP contribution in [-0.4, -0.2) is 4.98 Å². The normalized spacial score (nSPS) is 12.7. The lowest BCUT2D eigenvalue weighted by atomic mass is 9.90. The average Bonchev–Trinajstić information content (AvgIpc) is 2.31. The molecule has 0 saturated heterocycles. The molecule has 1 heterocycles. The van der Waals surface area contributed by atoms with Crippen molar-refractivity contribution >= 4 is 0 Å². The molecular formula is C15H25N. The first-order valence-electron chi connectivity index (χ1n) is 6.71. The summed E-state index contributed by atoms with van der Waals surface area (Å²) in [5, 5.41) is 0. The molecule has 0 fully saturated rings. The zero-order valence-electron chi connectivity index (χ0n) is 11.0. The molecule has 0 aromatic carbocycles. The Kier molecular flexibility index (Phi) is 6.14. The van der Waals surface area contributed by atoms with Gasteiger partial charge in [0.15, 0.2) is 0 Å². The van der Waals surface area contributed by atoms with E-state index in [1.54, 1.807) is 0 Å². The Bertz CT molecular complexity index is 293. The highest BCUT2D eigenvalue weighted by atomic mass is 14.7. The van der Waals surface area contributed by atoms with Crippen LogP contribution in [0.1, 0.15) is 69.5 Å². The molecule has 1 heteroatoms. The van der Waals surface area contributed by atoms with Crippen molar-refractivity contribution in [1.29, 1.82) is 0 Å². The second-order valence-electron chi connectivity index (χ2n) is 4.63. The van der Waals surface area contributed by atoms with Crippen molar-refractivity contribution in [2.24, 2.45) is 0 Å². The van der Waals surface area contributed by atoms with Gasteiger partial charge in [0, 0.05) is 11.9 Å². The first-order valence-corrected chi connectivity index (χ1v) is 6.71. The molecule has 90 valence electrons. The van der Waals surface area contributed by atoms with E-state index >= 15 is 0 Å². The number of pyridine rings is 1. The number of hydrogen-bond donors (Lipinski definition) is 0. The quantitative estimate of drug-likeness (QED) is 0.597. The lowest BCUT2D eigenvalue weighted by molar-refractivity contribution is 0.539. The van der Waals surface area contributed by atoms with Crippen LogP contribution in [0.4, 0.5) is 0 Å². The van der Waals surface area contributed by atoms with Gasteiger partial charge in [0.05, 0.1) is 0 Å². The SMILES string of the molecule is CCCCCCC(CC)c1cccnc1C. The van der Waals surface area contributed by atoms with Crippen LogP contribution in [0, 0.1) is 6.92 Å². The fourth-order valence-electron chi connectivity index (χ4n) is 2.33. The maximum atomic E-state index is 4.39. The van der Waals surface area contributed by atoms with Crippen LogP contribution >= 0.6 is 0 Å². The Hall–Kier alpha value is -0.850. The van der Waals surface area contributed by atoms with Gasteiger partial charge in [0.25, 0.3) is 0 Å². The molecule has 16 heavy (non-hydrogen) atoms. The van der Waals surface area contributed by atoms with Gasteiger partial charge in [-0.15, -0.1) is 0 Å². The van der Waals surface area contributed by atoms with Crippen LogP contribution in [0.2, 0.25) is 0 Å². The summed E-state index contributed by atoms with van der Waals surface area (Å²) in [7, 11) is 0. The van der Waals surface area contributed by atoms with E-state index in [9.17, 15) is 0 Å². The van der Waals surface area contributed by atoms with Gasteiger partial charge in [-0.1, -0.05) is 45.6 Å². The smallest absolute Gasteiger partial charge is 0.0407 e. The Labute approximate surface area is 100 Å². The van der Waals surface area contributed by atoms with E-state index in [4.69, 9.17) is 0 Å². The van der Waals surface area contributed by atoms with Crippen molar-refractivity contribution < 1.29 is 0 Å². The second-order valence-corrected chi connectivity index (χ2v) is 4.63. The number of aryl methyl sites for hydroxylation is 1. The molecule has 0 N–H and O–H groups in total. The second kappa shape index (κ2) is 7.43. The van der Waals surface area contributed by atoms with Crippen molar-refractivity contribution in [2.45, 2.75) is 65.2 Å². The summed E-state index contributed by atoms with van der Waals surface area (Å²) < 4.78 is 0. The Balaban J connectivity index is 2.51. The van der Waals surface area contributed by atoms with Gasteiger partial charge in [-0.2, -0.15) is 0 Å². The van der Waals surface area contributed by atoms with Gasteiger partial charge in [-0.25, -0.2) is 0 Å². The van der Waals surface area contributed by atoms with Gasteiger partial charge in [-0.3, -0.25) is 4.98 Å². The third-order valence-corrected chi connectivity index (χ3v) is 3.39. The number of hydrogen-bond acceptors (Lipinski definition) is 1. The molecular weight excluding hydrogens is 194 g/mol. The molecule has 1 unspecified atom stereocenters. The fourth-order valence-corrected chi connectivity index (χ4v) is 2.33. The number of aromatic nitrogens is 1. The molecule has 0 bridgehead atoms. The van der Waals surface area contributed by atoms with E-state index in [0.29, 0.717) is 5.92 Å². The summed E-state index contributed by atoms with van der Waals surface area (Å²) >= 11 is 0. The molecule has 0 spiro atoms. The molecule has 0 aliphatic rings. The van der Waals surface area contributed by atoms with Crippen LogP contribution < -0.4 is 0 Å². The molecule has 0 aliphatic heterocycles. The predicted molar refractivity (Wildman–Crippen MR) is 70.8 cm³/mol. The third kappa shape index (κ3) is 3.96. The molecule has 1 rings (SSSR count). The van der Waals surface area contributed by atoms with E-state index in [-0.39, 0.29) is 0 Å². The summed E-state index contributed by atoms with van der Waals surface area (Å²) in [6.07, 6.45) is 9.89. The lowest BCUT2D eigenvalue weighted by Crippen LogP contribution is -2.01. The van der Waals surface area contributed by atoms with Crippen LogP contribution in [0.15, 0.2) is 18.3 Å². The van der Waals surface area contributed by atoms with E-state index in [0.717, 1.165) is 0 Å². The van der Waals surface area contributed by atoms with Crippen molar-refractivity contribution in [3.05, 3.63) is 29.6 Å². The highest BCUT2D eigenvalue weighted by Crippen LogP contribution is 2.27. The topological polar surface area (TPSA) is 12.9 Å².